The van der Waals surface area contributed by atoms with Crippen LogP contribution >= 0.6 is 7.92 Å². The van der Waals surface area contributed by atoms with E-state index in [1.807, 2.05) is 0 Å². The van der Waals surface area contributed by atoms with Gasteiger partial charge in [0.25, 0.3) is 0 Å². The van der Waals surface area contributed by atoms with E-state index in [4.69, 9.17) is 41.0 Å². The zero-order valence-corrected chi connectivity index (χ0v) is 32.2. The van der Waals surface area contributed by atoms with E-state index in [-0.39, 0.29) is 29.0 Å². The molecule has 0 bridgehead atoms. The Labute approximate surface area is 314 Å². The summed E-state index contributed by atoms with van der Waals surface area (Å²) in [6.45, 7) is 7.97. The number of hydrogen-bond acceptors (Lipinski definition) is 12. The van der Waals surface area contributed by atoms with E-state index in [1.54, 1.807) is 0 Å². The van der Waals surface area contributed by atoms with Crippen LogP contribution in [0.1, 0.15) is 27.7 Å². The standard InChI is InChI=1S/C22H22NOP.C14H20O9S.Au/c1-3-7-20(8-4-1)25(21-9-5-2-6-10-21)22-13-11-19(12-14-22)23-15-17-24-18-16-23;1-6(15)19-5-10-11(20-7(2)16)12(21-8(3)17)13(14(24)23-10)22-9(4)18;/h1-14H,15-18H2;10-14,24H,5H2,1-4H3;. The van der Waals surface area contributed by atoms with E-state index in [2.05, 4.69) is 89.8 Å². The van der Waals surface area contributed by atoms with Gasteiger partial charge in [-0.3, -0.25) is 19.2 Å². The molecule has 2 saturated heterocycles. The van der Waals surface area contributed by atoms with E-state index in [9.17, 15) is 19.2 Å². The van der Waals surface area contributed by atoms with Crippen LogP contribution in [0, 0.1) is 0 Å². The van der Waals surface area contributed by atoms with Gasteiger partial charge in [0.05, 0.1) is 21.1 Å². The van der Waals surface area contributed by atoms with Gasteiger partial charge >= 0.3 is 23.9 Å². The van der Waals surface area contributed by atoms with Crippen LogP contribution < -0.4 is 20.8 Å². The van der Waals surface area contributed by atoms with Gasteiger partial charge in [-0.15, -0.1) is 0 Å². The molecule has 0 amide bonds. The number of carbonyl (C=O) groups is 4. The smallest absolute Gasteiger partial charge is 0.303 e. The second-order valence-electron chi connectivity index (χ2n) is 11.3. The van der Waals surface area contributed by atoms with Crippen molar-refractivity contribution in [3.8, 4) is 0 Å². The van der Waals surface area contributed by atoms with E-state index in [0.717, 1.165) is 47.1 Å². The van der Waals surface area contributed by atoms with Crippen molar-refractivity contribution < 1.29 is 70.0 Å². The molecule has 3 aromatic rings. The summed E-state index contributed by atoms with van der Waals surface area (Å²) in [5, 5.41) is 4.29. The van der Waals surface area contributed by atoms with Crippen molar-refractivity contribution >= 4 is 66.0 Å². The van der Waals surface area contributed by atoms with Crippen LogP contribution in [0.15, 0.2) is 84.9 Å². The molecule has 273 valence electrons. The van der Waals surface area contributed by atoms with Crippen LogP contribution in [0.25, 0.3) is 0 Å². The molecule has 2 fully saturated rings. The summed E-state index contributed by atoms with van der Waals surface area (Å²) < 4.78 is 31.1. The Kier molecular flexibility index (Phi) is 17.0. The minimum Gasteiger partial charge on any atom is -0.757 e. The molecule has 2 aliphatic heterocycles. The number of carbonyl (C=O) groups excluding carboxylic acids is 4. The average molecular weight is 909 g/mol. The summed E-state index contributed by atoms with van der Waals surface area (Å²) in [6.07, 6.45) is -4.47. The predicted octanol–water partition coefficient (Wildman–Crippen LogP) is 2.63. The third-order valence-electron chi connectivity index (χ3n) is 7.61. The molecule has 5 unspecified atom stereocenters. The topological polar surface area (TPSA) is 127 Å². The minimum atomic E-state index is -1.19. The Hall–Kier alpha value is -3.22. The monoisotopic (exact) mass is 908 g/mol. The first-order chi connectivity index (χ1) is 23.5. The van der Waals surface area contributed by atoms with Crippen LogP contribution in [-0.4, -0.2) is 86.6 Å². The second kappa shape index (κ2) is 20.6. The predicted molar refractivity (Wildman–Crippen MR) is 189 cm³/mol. The molecule has 2 heterocycles. The van der Waals surface area contributed by atoms with Crippen molar-refractivity contribution in [2.75, 3.05) is 37.8 Å². The number of ether oxygens (including phenoxy) is 6. The third-order valence-corrected chi connectivity index (χ3v) is 10.7. The Morgan fingerprint density at radius 1 is 0.680 bits per heavy atom. The van der Waals surface area contributed by atoms with Crippen LogP contribution in [0.2, 0.25) is 0 Å². The summed E-state index contributed by atoms with van der Waals surface area (Å²) in [6, 6.07) is 31.0. The van der Waals surface area contributed by atoms with Gasteiger partial charge in [0, 0.05) is 68.9 Å². The molecule has 14 heteroatoms. The van der Waals surface area contributed by atoms with Gasteiger partial charge in [0.1, 0.15) is 34.7 Å². The maximum absolute atomic E-state index is 11.4. The molecule has 3 aromatic carbocycles. The Bertz CT molecular complexity index is 1490. The van der Waals surface area contributed by atoms with Crippen molar-refractivity contribution in [1.82, 2.24) is 0 Å². The first-order valence-corrected chi connectivity index (χ1v) is 17.9. The molecular formula is C36H42AuNO10PS. The molecule has 1 radical (unpaired) electrons. The maximum atomic E-state index is 11.4. The summed E-state index contributed by atoms with van der Waals surface area (Å²) in [5.41, 5.74) is 0.208. The number of morpholine rings is 1. The molecule has 5 atom stereocenters. The molecule has 0 spiro atoms. The number of rotatable bonds is 9. The van der Waals surface area contributed by atoms with Crippen molar-refractivity contribution in [3.05, 3.63) is 84.9 Å². The molecule has 0 aromatic heterocycles. The van der Waals surface area contributed by atoms with Crippen LogP contribution in [-0.2, 0) is 82.6 Å². The molecule has 2 aliphatic rings. The molecular weight excluding hydrogens is 866 g/mol. The fourth-order valence-corrected chi connectivity index (χ4v) is 8.46. The molecule has 0 saturated carbocycles. The summed E-state index contributed by atoms with van der Waals surface area (Å²) in [7, 11) is -0.967. The Balaban J connectivity index is 0.000000266. The van der Waals surface area contributed by atoms with Crippen LogP contribution in [0.5, 0.6) is 0 Å². The second-order valence-corrected chi connectivity index (χ2v) is 14.3. The van der Waals surface area contributed by atoms with E-state index in [0.29, 0.717) is 0 Å². The zero-order chi connectivity index (χ0) is 35.3. The SMILES string of the molecule is CC(=O)OCC1OC([S-])C(OC(C)=O)C(OC(C)=O)C1OC(C)=O.[Au].c1ccc([PH+](c2ccccc2)c2ccc(N3CCOCC3)cc2)cc1. The van der Waals surface area contributed by atoms with Gasteiger partial charge in [0.15, 0.2) is 12.2 Å². The van der Waals surface area contributed by atoms with Crippen molar-refractivity contribution in [1.29, 1.82) is 0 Å². The molecule has 0 aliphatic carbocycles. The average Bonchev–Trinajstić information content (AvgIpc) is 3.08. The van der Waals surface area contributed by atoms with E-state index < -0.39 is 61.7 Å². The normalized spacial score (nSPS) is 21.4. The molecule has 11 nitrogen and oxygen atoms in total. The fourth-order valence-electron chi connectivity index (χ4n) is 5.56. The number of benzene rings is 3. The van der Waals surface area contributed by atoms with Crippen molar-refractivity contribution in [3.63, 3.8) is 0 Å². The summed E-state index contributed by atoms with van der Waals surface area (Å²) in [4.78, 5) is 47.4. The minimum absolute atomic E-state index is 0. The van der Waals surface area contributed by atoms with Gasteiger partial charge in [0.2, 0.25) is 0 Å². The Morgan fingerprint density at radius 3 is 1.62 bits per heavy atom. The van der Waals surface area contributed by atoms with E-state index in [1.165, 1.54) is 28.5 Å². The summed E-state index contributed by atoms with van der Waals surface area (Å²) in [5.74, 6) is -2.62. The fraction of sp³-hybridized carbons (Fsp3) is 0.389. The third kappa shape index (κ3) is 12.2. The van der Waals surface area contributed by atoms with Gasteiger partial charge in [-0.05, 0) is 54.0 Å². The van der Waals surface area contributed by atoms with Crippen LogP contribution in [0.3, 0.4) is 0 Å². The number of nitrogens with zero attached hydrogens (tertiary/aromatic N) is 1. The van der Waals surface area contributed by atoms with E-state index >= 15 is 0 Å². The van der Waals surface area contributed by atoms with Gasteiger partial charge < -0.3 is 45.9 Å². The molecule has 5 rings (SSSR count). The first kappa shape index (κ1) is 41.2. The van der Waals surface area contributed by atoms with Gasteiger partial charge in [-0.25, -0.2) is 0 Å². The molecule has 50 heavy (non-hydrogen) atoms. The Morgan fingerprint density at radius 2 is 1.14 bits per heavy atom. The largest absolute Gasteiger partial charge is 0.757 e. The first-order valence-electron chi connectivity index (χ1n) is 15.9. The van der Waals surface area contributed by atoms with Gasteiger partial charge in [-0.2, -0.15) is 0 Å². The summed E-state index contributed by atoms with van der Waals surface area (Å²) >= 11 is 5.11. The van der Waals surface area contributed by atoms with Crippen LogP contribution in [0.4, 0.5) is 5.69 Å². The van der Waals surface area contributed by atoms with Gasteiger partial charge in [-0.1, -0.05) is 36.4 Å². The zero-order valence-electron chi connectivity index (χ0n) is 28.2. The quantitative estimate of drug-likeness (QED) is 0.103. The maximum Gasteiger partial charge on any atom is 0.303 e. The molecule has 0 N–H and O–H groups in total. The van der Waals surface area contributed by atoms with Crippen molar-refractivity contribution in [2.45, 2.75) is 57.5 Å². The number of anilines is 1. The number of hydrogen-bond donors (Lipinski definition) is 0. The van der Waals surface area contributed by atoms with Crippen molar-refractivity contribution in [2.24, 2.45) is 0 Å². The number of esters is 4.